The fourth-order valence-electron chi connectivity index (χ4n) is 1.71. The van der Waals surface area contributed by atoms with Gasteiger partial charge in [-0.1, -0.05) is 6.07 Å². The van der Waals surface area contributed by atoms with Crippen molar-refractivity contribution in [1.82, 2.24) is 10.0 Å². The van der Waals surface area contributed by atoms with Crippen molar-refractivity contribution in [2.24, 2.45) is 0 Å². The topological polar surface area (TPSA) is 79.7 Å². The van der Waals surface area contributed by atoms with Crippen LogP contribution >= 0.6 is 0 Å². The van der Waals surface area contributed by atoms with E-state index in [0.717, 1.165) is 10.6 Å². The first kappa shape index (κ1) is 12.5. The van der Waals surface area contributed by atoms with E-state index in [0.29, 0.717) is 12.8 Å². The first-order valence-corrected chi connectivity index (χ1v) is 5.76. The molecule has 2 heterocycles. The molecule has 0 bridgehead atoms. The number of hydroxylamine groups is 2. The average molecular weight is 250 g/mol. The number of pyridine rings is 1. The molecule has 6 heteroatoms. The van der Waals surface area contributed by atoms with Crippen LogP contribution in [0.25, 0.3) is 0 Å². The Balaban J connectivity index is 1.80. The van der Waals surface area contributed by atoms with Crippen LogP contribution in [0.4, 0.5) is 0 Å². The lowest BCUT2D eigenvalue weighted by atomic mass is 10.2. The lowest BCUT2D eigenvalue weighted by Crippen LogP contribution is -2.35. The Bertz CT molecular complexity index is 435. The summed E-state index contributed by atoms with van der Waals surface area (Å²) in [5, 5.41) is 10.2. The van der Waals surface area contributed by atoms with Gasteiger partial charge in [0.2, 0.25) is 0 Å². The van der Waals surface area contributed by atoms with Crippen molar-refractivity contribution < 1.29 is 19.5 Å². The van der Waals surface area contributed by atoms with Crippen molar-refractivity contribution in [2.75, 3.05) is 0 Å². The van der Waals surface area contributed by atoms with Crippen LogP contribution in [0, 0.1) is 0 Å². The van der Waals surface area contributed by atoms with Crippen LogP contribution in [-0.4, -0.2) is 33.3 Å². The van der Waals surface area contributed by atoms with Crippen molar-refractivity contribution >= 4 is 11.9 Å². The number of aliphatic hydroxyl groups excluding tert-OH is 1. The molecule has 96 valence electrons. The number of hydrogen-bond donors (Lipinski definition) is 1. The molecule has 1 fully saturated rings. The fraction of sp³-hybridized carbons (Fsp3) is 0.417. The minimum atomic E-state index is -1.01. The van der Waals surface area contributed by atoms with Crippen LogP contribution in [-0.2, 0) is 20.8 Å². The molecular weight excluding hydrogens is 236 g/mol. The summed E-state index contributed by atoms with van der Waals surface area (Å²) in [5.41, 5.74) is 0.919. The predicted octanol–water partition coefficient (Wildman–Crippen LogP) is 0.413. The van der Waals surface area contributed by atoms with Gasteiger partial charge in [-0.15, -0.1) is 5.06 Å². The second-order valence-electron chi connectivity index (χ2n) is 4.06. The highest BCUT2D eigenvalue weighted by atomic mass is 16.7. The van der Waals surface area contributed by atoms with Gasteiger partial charge in [0.05, 0.1) is 6.42 Å². The summed E-state index contributed by atoms with van der Waals surface area (Å²) < 4.78 is 0. The van der Waals surface area contributed by atoms with Crippen LogP contribution in [0.1, 0.15) is 24.8 Å². The normalized spacial score (nSPS) is 19.1. The minimum Gasteiger partial charge on any atom is -0.370 e. The van der Waals surface area contributed by atoms with E-state index < -0.39 is 12.2 Å². The third kappa shape index (κ3) is 3.04. The highest BCUT2D eigenvalue weighted by Crippen LogP contribution is 2.17. The van der Waals surface area contributed by atoms with Crippen LogP contribution in [0.5, 0.6) is 0 Å². The molecule has 18 heavy (non-hydrogen) atoms. The summed E-state index contributed by atoms with van der Waals surface area (Å²) in [6.07, 6.45) is 3.45. The Kier molecular flexibility index (Phi) is 3.88. The number of carbonyl (C=O) groups excluding carboxylic acids is 2. The summed E-state index contributed by atoms with van der Waals surface area (Å²) in [5.74, 6) is -0.898. The Labute approximate surface area is 104 Å². The van der Waals surface area contributed by atoms with E-state index in [1.807, 2.05) is 6.07 Å². The molecule has 1 unspecified atom stereocenters. The molecule has 1 aromatic rings. The van der Waals surface area contributed by atoms with Gasteiger partial charge in [0.1, 0.15) is 0 Å². The van der Waals surface area contributed by atoms with Crippen molar-refractivity contribution in [3.8, 4) is 0 Å². The number of amides is 1. The zero-order valence-corrected chi connectivity index (χ0v) is 9.78. The van der Waals surface area contributed by atoms with Gasteiger partial charge >= 0.3 is 5.97 Å². The highest BCUT2D eigenvalue weighted by molar-refractivity contribution is 5.79. The number of carbonyl (C=O) groups is 2. The van der Waals surface area contributed by atoms with Gasteiger partial charge in [0, 0.05) is 25.2 Å². The summed E-state index contributed by atoms with van der Waals surface area (Å²) in [6, 6.07) is 3.64. The maximum Gasteiger partial charge on any atom is 0.333 e. The molecule has 0 aromatic carbocycles. The van der Waals surface area contributed by atoms with E-state index in [-0.39, 0.29) is 18.7 Å². The van der Waals surface area contributed by atoms with E-state index in [1.54, 1.807) is 18.5 Å². The van der Waals surface area contributed by atoms with Crippen LogP contribution in [0.15, 0.2) is 24.5 Å². The van der Waals surface area contributed by atoms with Gasteiger partial charge < -0.3 is 9.94 Å². The molecule has 1 saturated heterocycles. The van der Waals surface area contributed by atoms with E-state index in [2.05, 4.69) is 4.98 Å². The van der Waals surface area contributed by atoms with Gasteiger partial charge in [-0.2, -0.15) is 0 Å². The quantitative estimate of drug-likeness (QED) is 0.837. The molecule has 1 amide bonds. The van der Waals surface area contributed by atoms with Crippen LogP contribution in [0.3, 0.4) is 0 Å². The molecule has 1 aromatic heterocycles. The summed E-state index contributed by atoms with van der Waals surface area (Å²) in [4.78, 5) is 31.6. The number of nitrogens with zero attached hydrogens (tertiary/aromatic N) is 2. The number of hydrogen-bond acceptors (Lipinski definition) is 5. The van der Waals surface area contributed by atoms with E-state index in [1.165, 1.54) is 0 Å². The summed E-state index contributed by atoms with van der Waals surface area (Å²) in [7, 11) is 0. The minimum absolute atomic E-state index is 0.141. The van der Waals surface area contributed by atoms with Gasteiger partial charge in [0.25, 0.3) is 5.91 Å². The maximum absolute atomic E-state index is 11.5. The third-order valence-electron chi connectivity index (χ3n) is 2.67. The van der Waals surface area contributed by atoms with E-state index in [9.17, 15) is 14.7 Å². The molecule has 0 saturated carbocycles. The number of rotatable bonds is 4. The van der Waals surface area contributed by atoms with Gasteiger partial charge in [-0.05, 0) is 18.1 Å². The number of aryl methyl sites for hydroxylation is 1. The Morgan fingerprint density at radius 3 is 3.06 bits per heavy atom. The summed E-state index contributed by atoms with van der Waals surface area (Å²) >= 11 is 0. The number of aromatic nitrogens is 1. The molecule has 1 aliphatic heterocycles. The first-order chi connectivity index (χ1) is 8.66. The Morgan fingerprint density at radius 2 is 2.44 bits per heavy atom. The highest BCUT2D eigenvalue weighted by Gasteiger charge is 2.32. The first-order valence-electron chi connectivity index (χ1n) is 5.76. The van der Waals surface area contributed by atoms with Gasteiger partial charge in [-0.25, -0.2) is 4.79 Å². The lowest BCUT2D eigenvalue weighted by Gasteiger charge is -2.18. The largest absolute Gasteiger partial charge is 0.370 e. The second-order valence-corrected chi connectivity index (χ2v) is 4.06. The zero-order valence-electron chi connectivity index (χ0n) is 9.78. The molecule has 0 radical (unpaired) electrons. The molecule has 0 spiro atoms. The molecular formula is C12H14N2O4. The molecule has 1 N–H and O–H groups in total. The third-order valence-corrected chi connectivity index (χ3v) is 2.67. The molecule has 1 aliphatic rings. The fourth-order valence-corrected chi connectivity index (χ4v) is 1.71. The van der Waals surface area contributed by atoms with E-state index in [4.69, 9.17) is 4.84 Å². The van der Waals surface area contributed by atoms with Crippen molar-refractivity contribution in [3.63, 3.8) is 0 Å². The van der Waals surface area contributed by atoms with Crippen molar-refractivity contribution in [2.45, 2.75) is 31.9 Å². The SMILES string of the molecule is O=C(CCc1cccnc1)ON1C(=O)CCC1O. The van der Waals surface area contributed by atoms with Crippen LogP contribution in [0.2, 0.25) is 0 Å². The predicted molar refractivity (Wildman–Crippen MR) is 60.7 cm³/mol. The molecule has 0 aliphatic carbocycles. The number of aliphatic hydroxyl groups is 1. The Morgan fingerprint density at radius 1 is 1.61 bits per heavy atom. The van der Waals surface area contributed by atoms with Gasteiger partial charge in [-0.3, -0.25) is 9.78 Å². The zero-order chi connectivity index (χ0) is 13.0. The maximum atomic E-state index is 11.5. The van der Waals surface area contributed by atoms with Crippen molar-refractivity contribution in [1.29, 1.82) is 0 Å². The second kappa shape index (κ2) is 5.59. The standard InChI is InChI=1S/C12H14N2O4/c15-10-4-5-11(16)14(10)18-12(17)6-3-9-2-1-7-13-8-9/h1-2,7-8,10,15H,3-6H2. The Hall–Kier alpha value is -1.95. The average Bonchev–Trinajstić information content (AvgIpc) is 2.69. The van der Waals surface area contributed by atoms with Gasteiger partial charge in [0.15, 0.2) is 6.23 Å². The van der Waals surface area contributed by atoms with Crippen LogP contribution < -0.4 is 0 Å². The monoisotopic (exact) mass is 250 g/mol. The summed E-state index contributed by atoms with van der Waals surface area (Å²) in [6.45, 7) is 0. The van der Waals surface area contributed by atoms with Crippen molar-refractivity contribution in [3.05, 3.63) is 30.1 Å². The molecule has 6 nitrogen and oxygen atoms in total. The smallest absolute Gasteiger partial charge is 0.333 e. The molecule has 2 rings (SSSR count). The molecule has 1 atom stereocenters. The van der Waals surface area contributed by atoms with E-state index >= 15 is 0 Å². The lowest BCUT2D eigenvalue weighted by molar-refractivity contribution is -0.220.